The van der Waals surface area contributed by atoms with Crippen molar-refractivity contribution in [2.24, 2.45) is 0 Å². The van der Waals surface area contributed by atoms with Gasteiger partial charge in [0.05, 0.1) is 23.3 Å². The topological polar surface area (TPSA) is 57.0 Å². The molecule has 140 valence electrons. The van der Waals surface area contributed by atoms with Crippen LogP contribution in [0.2, 0.25) is 0 Å². The molecule has 6 heteroatoms. The van der Waals surface area contributed by atoms with Crippen LogP contribution in [0.15, 0.2) is 46.3 Å². The number of thioether (sulfide) groups is 1. The molecule has 0 N–H and O–H groups in total. The lowest BCUT2D eigenvalue weighted by Gasteiger charge is -2.31. The molecule has 3 aromatic rings. The highest BCUT2D eigenvalue weighted by molar-refractivity contribution is 7.98. The van der Waals surface area contributed by atoms with E-state index >= 15 is 0 Å². The first kappa shape index (κ1) is 18.2. The minimum absolute atomic E-state index is 0.0294. The molecule has 5 nitrogen and oxygen atoms in total. The van der Waals surface area contributed by atoms with Crippen molar-refractivity contribution >= 4 is 22.8 Å². The zero-order valence-corrected chi connectivity index (χ0v) is 16.7. The predicted octanol–water partition coefficient (Wildman–Crippen LogP) is 3.96. The lowest BCUT2D eigenvalue weighted by molar-refractivity contribution is -0.0411. The Bertz CT molecular complexity index is 1040. The van der Waals surface area contributed by atoms with E-state index in [1.807, 2.05) is 31.2 Å². The molecular formula is C21H23N3O2S. The molecule has 0 spiro atoms. The summed E-state index contributed by atoms with van der Waals surface area (Å²) in [5.41, 5.74) is 3.45. The number of benzene rings is 1. The van der Waals surface area contributed by atoms with Gasteiger partial charge in [-0.1, -0.05) is 42.1 Å². The molecule has 0 amide bonds. The van der Waals surface area contributed by atoms with Gasteiger partial charge in [0.1, 0.15) is 0 Å². The van der Waals surface area contributed by atoms with E-state index < -0.39 is 0 Å². The Labute approximate surface area is 162 Å². The van der Waals surface area contributed by atoms with Crippen molar-refractivity contribution in [3.63, 3.8) is 0 Å². The van der Waals surface area contributed by atoms with E-state index in [9.17, 15) is 4.79 Å². The van der Waals surface area contributed by atoms with Gasteiger partial charge in [-0.15, -0.1) is 0 Å². The second-order valence-corrected chi connectivity index (χ2v) is 8.35. The Morgan fingerprint density at radius 2 is 2.00 bits per heavy atom. The van der Waals surface area contributed by atoms with Gasteiger partial charge in [-0.3, -0.25) is 9.36 Å². The number of aromatic nitrogens is 3. The third-order valence-electron chi connectivity index (χ3n) is 4.82. The predicted molar refractivity (Wildman–Crippen MR) is 108 cm³/mol. The van der Waals surface area contributed by atoms with Gasteiger partial charge >= 0.3 is 0 Å². The average Bonchev–Trinajstić information content (AvgIpc) is 2.65. The highest BCUT2D eigenvalue weighted by Crippen LogP contribution is 2.28. The van der Waals surface area contributed by atoms with Crippen molar-refractivity contribution in [3.8, 4) is 0 Å². The monoisotopic (exact) mass is 381 g/mol. The van der Waals surface area contributed by atoms with E-state index in [2.05, 4.69) is 26.0 Å². The van der Waals surface area contributed by atoms with E-state index in [0.29, 0.717) is 24.2 Å². The molecule has 0 atom stereocenters. The van der Waals surface area contributed by atoms with Crippen LogP contribution in [0.25, 0.3) is 11.0 Å². The van der Waals surface area contributed by atoms with E-state index in [4.69, 9.17) is 14.7 Å². The summed E-state index contributed by atoms with van der Waals surface area (Å²) < 4.78 is 7.61. The summed E-state index contributed by atoms with van der Waals surface area (Å²) in [5, 5.41) is 1.29. The fraction of sp³-hybridized carbons (Fsp3) is 0.381. The van der Waals surface area contributed by atoms with Crippen LogP contribution in [0.1, 0.15) is 37.6 Å². The van der Waals surface area contributed by atoms with Gasteiger partial charge in [-0.25, -0.2) is 9.97 Å². The van der Waals surface area contributed by atoms with Crippen LogP contribution in [0, 0.1) is 0 Å². The summed E-state index contributed by atoms with van der Waals surface area (Å²) in [6.07, 6.45) is 0.726. The SMILES string of the molecule is CCn1c(SCc2ccccc2)nc2nc3c(cc2c1=O)COC(C)(C)C3. The minimum atomic E-state index is -0.239. The zero-order chi connectivity index (χ0) is 19.0. The van der Waals surface area contributed by atoms with Crippen LogP contribution in [0.4, 0.5) is 0 Å². The van der Waals surface area contributed by atoms with Gasteiger partial charge in [0, 0.05) is 24.3 Å². The number of fused-ring (bicyclic) bond motifs is 2. The lowest BCUT2D eigenvalue weighted by atomic mass is 9.95. The van der Waals surface area contributed by atoms with E-state index in [1.165, 1.54) is 5.56 Å². The average molecular weight is 382 g/mol. The molecule has 0 saturated heterocycles. The highest BCUT2D eigenvalue weighted by Gasteiger charge is 2.28. The minimum Gasteiger partial charge on any atom is -0.370 e. The van der Waals surface area contributed by atoms with Crippen molar-refractivity contribution < 1.29 is 4.74 Å². The number of ether oxygens (including phenoxy) is 1. The number of nitrogens with zero attached hydrogens (tertiary/aromatic N) is 3. The van der Waals surface area contributed by atoms with Crippen LogP contribution >= 0.6 is 11.8 Å². The summed E-state index contributed by atoms with van der Waals surface area (Å²) in [6.45, 7) is 7.16. The maximum Gasteiger partial charge on any atom is 0.263 e. The summed E-state index contributed by atoms with van der Waals surface area (Å²) in [5.74, 6) is 0.768. The van der Waals surface area contributed by atoms with Crippen LogP contribution in [0.5, 0.6) is 0 Å². The Morgan fingerprint density at radius 1 is 1.22 bits per heavy atom. The first-order valence-corrected chi connectivity index (χ1v) is 10.2. The largest absolute Gasteiger partial charge is 0.370 e. The van der Waals surface area contributed by atoms with Crippen molar-refractivity contribution in [2.75, 3.05) is 0 Å². The molecule has 1 aromatic carbocycles. The molecule has 1 aliphatic heterocycles. The third kappa shape index (κ3) is 3.64. The first-order chi connectivity index (χ1) is 13.0. The normalized spacial score (nSPS) is 15.7. The maximum atomic E-state index is 13.0. The Morgan fingerprint density at radius 3 is 2.74 bits per heavy atom. The summed E-state index contributed by atoms with van der Waals surface area (Å²) in [7, 11) is 0. The second kappa shape index (κ2) is 7.09. The quantitative estimate of drug-likeness (QED) is 0.506. The van der Waals surface area contributed by atoms with E-state index in [-0.39, 0.29) is 11.2 Å². The summed E-state index contributed by atoms with van der Waals surface area (Å²) in [4.78, 5) is 22.5. The van der Waals surface area contributed by atoms with Gasteiger partial charge in [0.15, 0.2) is 10.8 Å². The number of hydrogen-bond acceptors (Lipinski definition) is 5. The van der Waals surface area contributed by atoms with E-state index in [0.717, 1.165) is 28.6 Å². The molecule has 3 heterocycles. The number of hydrogen-bond donors (Lipinski definition) is 0. The zero-order valence-electron chi connectivity index (χ0n) is 15.9. The first-order valence-electron chi connectivity index (χ1n) is 9.21. The van der Waals surface area contributed by atoms with Crippen molar-refractivity contribution in [1.82, 2.24) is 14.5 Å². The molecule has 0 bridgehead atoms. The number of rotatable bonds is 4. The fourth-order valence-corrected chi connectivity index (χ4v) is 4.33. The highest BCUT2D eigenvalue weighted by atomic mass is 32.2. The molecule has 0 aliphatic carbocycles. The molecule has 0 unspecified atom stereocenters. The molecule has 27 heavy (non-hydrogen) atoms. The van der Waals surface area contributed by atoms with Crippen molar-refractivity contribution in [2.45, 2.75) is 56.9 Å². The molecule has 1 aliphatic rings. The Balaban J connectivity index is 1.76. The lowest BCUT2D eigenvalue weighted by Crippen LogP contribution is -2.33. The van der Waals surface area contributed by atoms with Crippen LogP contribution < -0.4 is 5.56 Å². The molecule has 0 saturated carbocycles. The standard InChI is InChI=1S/C21H23N3O2S/c1-4-24-19(25)16-10-15-12-26-21(2,3)11-17(15)22-18(16)23-20(24)27-13-14-8-6-5-7-9-14/h5-10H,4,11-13H2,1-3H3. The fourth-order valence-electron chi connectivity index (χ4n) is 3.32. The van der Waals surface area contributed by atoms with Crippen molar-refractivity contribution in [1.29, 1.82) is 0 Å². The maximum absolute atomic E-state index is 13.0. The molecule has 4 rings (SSSR count). The van der Waals surface area contributed by atoms with Crippen LogP contribution in [-0.2, 0) is 30.1 Å². The van der Waals surface area contributed by atoms with Gasteiger partial charge in [-0.2, -0.15) is 0 Å². The van der Waals surface area contributed by atoms with Gasteiger partial charge in [0.25, 0.3) is 5.56 Å². The third-order valence-corrected chi connectivity index (χ3v) is 5.87. The van der Waals surface area contributed by atoms with E-state index in [1.54, 1.807) is 16.3 Å². The number of pyridine rings is 1. The van der Waals surface area contributed by atoms with Crippen LogP contribution in [0.3, 0.4) is 0 Å². The second-order valence-electron chi connectivity index (χ2n) is 7.41. The van der Waals surface area contributed by atoms with Crippen LogP contribution in [-0.4, -0.2) is 20.1 Å². The van der Waals surface area contributed by atoms with Gasteiger partial charge in [0.2, 0.25) is 0 Å². The molecule has 2 aromatic heterocycles. The Hall–Kier alpha value is -2.18. The van der Waals surface area contributed by atoms with Gasteiger partial charge in [-0.05, 0) is 32.4 Å². The Kier molecular flexibility index (Phi) is 4.78. The molecule has 0 fully saturated rings. The summed E-state index contributed by atoms with van der Waals surface area (Å²) >= 11 is 1.58. The van der Waals surface area contributed by atoms with Gasteiger partial charge < -0.3 is 4.74 Å². The molecule has 0 radical (unpaired) electrons. The summed E-state index contributed by atoms with van der Waals surface area (Å²) in [6, 6.07) is 12.1. The smallest absolute Gasteiger partial charge is 0.263 e. The van der Waals surface area contributed by atoms with Crippen molar-refractivity contribution in [3.05, 3.63) is 63.6 Å². The molecular weight excluding hydrogens is 358 g/mol.